The van der Waals surface area contributed by atoms with Gasteiger partial charge in [0.2, 0.25) is 5.91 Å². The van der Waals surface area contributed by atoms with Crippen molar-refractivity contribution < 1.29 is 14.3 Å². The van der Waals surface area contributed by atoms with E-state index in [4.69, 9.17) is 4.74 Å². The second-order valence-corrected chi connectivity index (χ2v) is 8.78. The summed E-state index contributed by atoms with van der Waals surface area (Å²) >= 11 is 0. The molecule has 0 spiro atoms. The van der Waals surface area contributed by atoms with E-state index < -0.39 is 0 Å². The largest absolute Gasteiger partial charge is 0.372 e. The molecule has 4 aliphatic heterocycles. The molecule has 0 radical (unpaired) electrons. The molecule has 0 saturated carbocycles. The number of rotatable bonds is 2. The van der Waals surface area contributed by atoms with Crippen molar-refractivity contribution in [1.29, 1.82) is 0 Å². The number of ether oxygens (including phenoxy) is 1. The van der Waals surface area contributed by atoms with Gasteiger partial charge in [-0.3, -0.25) is 4.79 Å². The summed E-state index contributed by atoms with van der Waals surface area (Å²) < 4.78 is 5.58. The molecule has 4 aliphatic rings. The van der Waals surface area contributed by atoms with Gasteiger partial charge >= 0.3 is 6.03 Å². The van der Waals surface area contributed by atoms with E-state index in [1.165, 1.54) is 30.5 Å². The van der Waals surface area contributed by atoms with Crippen LogP contribution >= 0.6 is 0 Å². The number of amides is 3. The molecule has 0 unspecified atom stereocenters. The zero-order valence-electron chi connectivity index (χ0n) is 16.9. The Morgan fingerprint density at radius 1 is 0.966 bits per heavy atom. The summed E-state index contributed by atoms with van der Waals surface area (Å²) in [4.78, 5) is 30.7. The van der Waals surface area contributed by atoms with E-state index >= 15 is 0 Å². The third kappa shape index (κ3) is 3.80. The molecule has 0 aliphatic carbocycles. The molecular formula is C22H30N4O3. The topological polar surface area (TPSA) is 65.1 Å². The van der Waals surface area contributed by atoms with Gasteiger partial charge in [-0.05, 0) is 43.4 Å². The van der Waals surface area contributed by atoms with Crippen molar-refractivity contribution in [1.82, 2.24) is 15.1 Å². The van der Waals surface area contributed by atoms with Crippen molar-refractivity contribution in [2.75, 3.05) is 50.8 Å². The van der Waals surface area contributed by atoms with Crippen LogP contribution in [-0.4, -0.2) is 79.8 Å². The van der Waals surface area contributed by atoms with Gasteiger partial charge in [-0.1, -0.05) is 12.1 Å². The Morgan fingerprint density at radius 3 is 2.48 bits per heavy atom. The SMILES string of the molecule is O=C1CO[C@H]2CCN(C(=O)N3CC(c4ccc(N5CCCCC5)cc4)C3)C[C@H]2N1. The number of fused-ring (bicyclic) bond motifs is 1. The first-order chi connectivity index (χ1) is 14.2. The Balaban J connectivity index is 1.13. The zero-order chi connectivity index (χ0) is 19.8. The Kier molecular flexibility index (Phi) is 5.08. The van der Waals surface area contributed by atoms with Crippen molar-refractivity contribution in [3.8, 4) is 0 Å². The molecule has 2 atom stereocenters. The molecule has 7 heteroatoms. The zero-order valence-corrected chi connectivity index (χ0v) is 16.9. The molecule has 5 rings (SSSR count). The van der Waals surface area contributed by atoms with Gasteiger partial charge in [0, 0.05) is 50.9 Å². The van der Waals surface area contributed by atoms with Crippen LogP contribution in [0.15, 0.2) is 24.3 Å². The van der Waals surface area contributed by atoms with E-state index in [0.717, 1.165) is 32.6 Å². The van der Waals surface area contributed by atoms with Crippen LogP contribution in [0.2, 0.25) is 0 Å². The number of benzene rings is 1. The standard InChI is InChI=1S/C22H30N4O3/c27-21-15-29-20-8-11-25(14-19(20)23-21)22(28)26-12-17(13-26)16-4-6-18(7-5-16)24-9-2-1-3-10-24/h4-7,17,19-20H,1-3,8-15H2,(H,23,27)/t19-,20+/m1/s1. The molecule has 0 aromatic heterocycles. The maximum absolute atomic E-state index is 12.9. The van der Waals surface area contributed by atoms with Gasteiger partial charge in [0.05, 0.1) is 12.1 Å². The van der Waals surface area contributed by atoms with Crippen LogP contribution in [0.1, 0.15) is 37.2 Å². The molecule has 1 aromatic rings. The van der Waals surface area contributed by atoms with Crippen molar-refractivity contribution in [2.45, 2.75) is 43.7 Å². The van der Waals surface area contributed by atoms with Gasteiger partial charge in [0.1, 0.15) is 6.61 Å². The fourth-order valence-corrected chi connectivity index (χ4v) is 5.03. The molecule has 3 amide bonds. The number of likely N-dealkylation sites (tertiary alicyclic amines) is 2. The first-order valence-electron chi connectivity index (χ1n) is 11.0. The molecule has 0 bridgehead atoms. The number of nitrogens with one attached hydrogen (secondary N) is 1. The number of hydrogen-bond acceptors (Lipinski definition) is 4. The molecule has 4 heterocycles. The molecule has 7 nitrogen and oxygen atoms in total. The summed E-state index contributed by atoms with van der Waals surface area (Å²) in [5.41, 5.74) is 2.64. The van der Waals surface area contributed by atoms with Crippen LogP contribution < -0.4 is 10.2 Å². The van der Waals surface area contributed by atoms with Crippen LogP contribution in [0.5, 0.6) is 0 Å². The molecule has 1 N–H and O–H groups in total. The molecule has 1 aromatic carbocycles. The highest BCUT2D eigenvalue weighted by Crippen LogP contribution is 2.31. The quantitative estimate of drug-likeness (QED) is 0.825. The smallest absolute Gasteiger partial charge is 0.320 e. The number of hydrogen-bond donors (Lipinski definition) is 1. The number of carbonyl (C=O) groups is 2. The third-order valence-electron chi connectivity index (χ3n) is 6.83. The van der Waals surface area contributed by atoms with E-state index in [1.807, 2.05) is 9.80 Å². The number of anilines is 1. The Bertz CT molecular complexity index is 756. The number of nitrogens with zero attached hydrogens (tertiary/aromatic N) is 3. The van der Waals surface area contributed by atoms with Crippen LogP contribution in [0.4, 0.5) is 10.5 Å². The van der Waals surface area contributed by atoms with Gasteiger partial charge in [-0.25, -0.2) is 4.79 Å². The summed E-state index contributed by atoms with van der Waals surface area (Å²) in [6.45, 7) is 5.25. The van der Waals surface area contributed by atoms with Crippen molar-refractivity contribution >= 4 is 17.6 Å². The highest BCUT2D eigenvalue weighted by molar-refractivity contribution is 5.79. The van der Waals surface area contributed by atoms with E-state index in [2.05, 4.69) is 34.5 Å². The van der Waals surface area contributed by atoms with Crippen LogP contribution in [0.3, 0.4) is 0 Å². The number of carbonyl (C=O) groups excluding carboxylic acids is 2. The first-order valence-corrected chi connectivity index (χ1v) is 11.0. The minimum atomic E-state index is -0.0856. The average Bonchev–Trinajstić information content (AvgIpc) is 2.73. The lowest BCUT2D eigenvalue weighted by Crippen LogP contribution is -2.63. The lowest BCUT2D eigenvalue weighted by atomic mass is 9.91. The Morgan fingerprint density at radius 2 is 1.72 bits per heavy atom. The number of piperidine rings is 2. The van der Waals surface area contributed by atoms with Crippen LogP contribution in [-0.2, 0) is 9.53 Å². The van der Waals surface area contributed by atoms with Crippen LogP contribution in [0.25, 0.3) is 0 Å². The summed E-state index contributed by atoms with van der Waals surface area (Å²) in [7, 11) is 0. The minimum Gasteiger partial charge on any atom is -0.372 e. The summed E-state index contributed by atoms with van der Waals surface area (Å²) in [5.74, 6) is 0.335. The van der Waals surface area contributed by atoms with Crippen molar-refractivity contribution in [3.05, 3.63) is 29.8 Å². The van der Waals surface area contributed by atoms with Crippen molar-refractivity contribution in [2.24, 2.45) is 0 Å². The fourth-order valence-electron chi connectivity index (χ4n) is 5.03. The summed E-state index contributed by atoms with van der Waals surface area (Å²) in [6, 6.07) is 8.95. The molecule has 4 fully saturated rings. The second kappa shape index (κ2) is 7.86. The average molecular weight is 399 g/mol. The van der Waals surface area contributed by atoms with Gasteiger partial charge in [0.15, 0.2) is 0 Å². The normalized spacial score (nSPS) is 27.9. The molecule has 156 valence electrons. The molecule has 4 saturated heterocycles. The summed E-state index contributed by atoms with van der Waals surface area (Å²) in [5, 5.41) is 2.96. The van der Waals surface area contributed by atoms with E-state index in [-0.39, 0.29) is 30.7 Å². The predicted octanol–water partition coefficient (Wildman–Crippen LogP) is 1.79. The van der Waals surface area contributed by atoms with Crippen molar-refractivity contribution in [3.63, 3.8) is 0 Å². The maximum atomic E-state index is 12.9. The highest BCUT2D eigenvalue weighted by atomic mass is 16.5. The van der Waals surface area contributed by atoms with Gasteiger partial charge in [0.25, 0.3) is 0 Å². The van der Waals surface area contributed by atoms with Gasteiger partial charge in [-0.2, -0.15) is 0 Å². The van der Waals surface area contributed by atoms with E-state index in [0.29, 0.717) is 19.0 Å². The monoisotopic (exact) mass is 398 g/mol. The summed E-state index contributed by atoms with van der Waals surface area (Å²) in [6.07, 6.45) is 4.74. The lowest BCUT2D eigenvalue weighted by Gasteiger charge is -2.46. The van der Waals surface area contributed by atoms with Gasteiger partial charge < -0.3 is 24.8 Å². The van der Waals surface area contributed by atoms with E-state index in [1.54, 1.807) is 0 Å². The van der Waals surface area contributed by atoms with Gasteiger partial charge in [-0.15, -0.1) is 0 Å². The second-order valence-electron chi connectivity index (χ2n) is 8.78. The lowest BCUT2D eigenvalue weighted by molar-refractivity contribution is -0.139. The highest BCUT2D eigenvalue weighted by Gasteiger charge is 2.40. The Hall–Kier alpha value is -2.28. The Labute approximate surface area is 172 Å². The molecular weight excluding hydrogens is 368 g/mol. The number of urea groups is 1. The maximum Gasteiger partial charge on any atom is 0.320 e. The fraction of sp³-hybridized carbons (Fsp3) is 0.636. The third-order valence-corrected chi connectivity index (χ3v) is 6.83. The van der Waals surface area contributed by atoms with Crippen LogP contribution in [0, 0.1) is 0 Å². The number of morpholine rings is 1. The predicted molar refractivity (Wildman–Crippen MR) is 110 cm³/mol. The molecule has 29 heavy (non-hydrogen) atoms. The van der Waals surface area contributed by atoms with E-state index in [9.17, 15) is 9.59 Å². The first kappa shape index (κ1) is 18.7. The minimum absolute atomic E-state index is 0.0410.